The van der Waals surface area contributed by atoms with Crippen molar-refractivity contribution in [2.75, 3.05) is 6.61 Å². The number of hydrogen-bond donors (Lipinski definition) is 1. The van der Waals surface area contributed by atoms with E-state index in [9.17, 15) is 18.3 Å². The van der Waals surface area contributed by atoms with Gasteiger partial charge in [-0.05, 0) is 59.4 Å². The quantitative estimate of drug-likeness (QED) is 0.526. The van der Waals surface area contributed by atoms with Gasteiger partial charge in [0.05, 0.1) is 12.2 Å². The van der Waals surface area contributed by atoms with Crippen LogP contribution < -0.4 is 4.74 Å². The summed E-state index contributed by atoms with van der Waals surface area (Å²) in [6.45, 7) is 0.263. The molecule has 1 N–H and O–H groups in total. The van der Waals surface area contributed by atoms with Crippen molar-refractivity contribution in [3.05, 3.63) is 81.1 Å². The predicted octanol–water partition coefficient (Wildman–Crippen LogP) is 6.33. The molecule has 6 heteroatoms. The molecule has 3 aromatic rings. The van der Waals surface area contributed by atoms with E-state index < -0.39 is 11.7 Å². The Morgan fingerprint density at radius 3 is 2.52 bits per heavy atom. The highest BCUT2D eigenvalue weighted by atomic mass is 32.1. The van der Waals surface area contributed by atoms with E-state index in [1.54, 1.807) is 47.7 Å². The average molecular weight is 416 g/mol. The SMILES string of the molecule is OCC1=Cc2sc(COc3ccc(-c4ccccc4)c(C(F)(F)F)c3)cc2CC1. The van der Waals surface area contributed by atoms with Crippen molar-refractivity contribution < 1.29 is 23.0 Å². The second-order valence-corrected chi connectivity index (χ2v) is 8.09. The predicted molar refractivity (Wildman–Crippen MR) is 109 cm³/mol. The third-order valence-corrected chi connectivity index (χ3v) is 6.01. The van der Waals surface area contributed by atoms with Crippen LogP contribution in [0.1, 0.15) is 27.3 Å². The molecule has 0 aliphatic heterocycles. The molecule has 4 rings (SSSR count). The fourth-order valence-electron chi connectivity index (χ4n) is 3.44. The molecule has 1 heterocycles. The van der Waals surface area contributed by atoms with Gasteiger partial charge in [-0.25, -0.2) is 0 Å². The normalized spacial score (nSPS) is 13.7. The zero-order chi connectivity index (χ0) is 20.4. The summed E-state index contributed by atoms with van der Waals surface area (Å²) in [5.74, 6) is 0.190. The van der Waals surface area contributed by atoms with Crippen molar-refractivity contribution >= 4 is 17.4 Å². The lowest BCUT2D eigenvalue weighted by Crippen LogP contribution is -2.08. The third-order valence-electron chi connectivity index (χ3n) is 4.91. The molecule has 2 nitrogen and oxygen atoms in total. The zero-order valence-electron chi connectivity index (χ0n) is 15.5. The molecule has 1 aromatic heterocycles. The number of benzene rings is 2. The second-order valence-electron chi connectivity index (χ2n) is 6.92. The molecule has 150 valence electrons. The van der Waals surface area contributed by atoms with Crippen molar-refractivity contribution in [2.24, 2.45) is 0 Å². The summed E-state index contributed by atoms with van der Waals surface area (Å²) < 4.78 is 46.6. The number of thiophene rings is 1. The molecular weight excluding hydrogens is 397 g/mol. The highest BCUT2D eigenvalue weighted by Gasteiger charge is 2.34. The monoisotopic (exact) mass is 416 g/mol. The Labute approximate surface area is 170 Å². The van der Waals surface area contributed by atoms with Gasteiger partial charge in [0, 0.05) is 9.75 Å². The summed E-state index contributed by atoms with van der Waals surface area (Å²) in [5.41, 5.74) is 2.14. The molecule has 0 fully saturated rings. The lowest BCUT2D eigenvalue weighted by atomic mass is 9.99. The van der Waals surface area contributed by atoms with Crippen LogP contribution in [0.4, 0.5) is 13.2 Å². The van der Waals surface area contributed by atoms with Crippen LogP contribution in [-0.2, 0) is 19.2 Å². The van der Waals surface area contributed by atoms with E-state index in [0.717, 1.165) is 34.2 Å². The fourth-order valence-corrected chi connectivity index (χ4v) is 4.56. The summed E-state index contributed by atoms with van der Waals surface area (Å²) >= 11 is 1.55. The summed E-state index contributed by atoms with van der Waals surface area (Å²) in [6.07, 6.45) is -0.792. The van der Waals surface area contributed by atoms with E-state index in [0.29, 0.717) is 5.56 Å². The van der Waals surface area contributed by atoms with Crippen LogP contribution in [0.15, 0.2) is 60.2 Å². The molecule has 1 aliphatic rings. The summed E-state index contributed by atoms with van der Waals surface area (Å²) in [5, 5.41) is 9.29. The van der Waals surface area contributed by atoms with Crippen molar-refractivity contribution in [2.45, 2.75) is 25.6 Å². The Hall–Kier alpha value is -2.57. The van der Waals surface area contributed by atoms with Crippen molar-refractivity contribution in [1.29, 1.82) is 0 Å². The van der Waals surface area contributed by atoms with E-state index in [4.69, 9.17) is 4.74 Å². The van der Waals surface area contributed by atoms with Crippen LogP contribution >= 0.6 is 11.3 Å². The van der Waals surface area contributed by atoms with Crippen molar-refractivity contribution in [3.8, 4) is 16.9 Å². The largest absolute Gasteiger partial charge is 0.488 e. The minimum absolute atomic E-state index is 0.0527. The van der Waals surface area contributed by atoms with Gasteiger partial charge in [0.2, 0.25) is 0 Å². The number of aliphatic hydroxyl groups excluding tert-OH is 1. The first-order valence-electron chi connectivity index (χ1n) is 9.25. The summed E-state index contributed by atoms with van der Waals surface area (Å²) in [4.78, 5) is 2.04. The van der Waals surface area contributed by atoms with E-state index in [2.05, 4.69) is 0 Å². The molecular formula is C23H19F3O2S. The van der Waals surface area contributed by atoms with E-state index >= 15 is 0 Å². The maximum Gasteiger partial charge on any atom is 0.417 e. The molecule has 0 bridgehead atoms. The first kappa shape index (κ1) is 19.7. The van der Waals surface area contributed by atoms with Gasteiger partial charge in [0.25, 0.3) is 0 Å². The molecule has 0 unspecified atom stereocenters. The Morgan fingerprint density at radius 2 is 1.79 bits per heavy atom. The summed E-state index contributed by atoms with van der Waals surface area (Å²) in [6, 6.07) is 14.7. The van der Waals surface area contributed by atoms with Gasteiger partial charge in [-0.1, -0.05) is 36.4 Å². The molecule has 0 saturated carbocycles. The van der Waals surface area contributed by atoms with Crippen LogP contribution in [0, 0.1) is 0 Å². The highest BCUT2D eigenvalue weighted by molar-refractivity contribution is 7.13. The molecule has 0 spiro atoms. The molecule has 0 radical (unpaired) electrons. The number of hydrogen-bond acceptors (Lipinski definition) is 3. The minimum atomic E-state index is -4.47. The van der Waals surface area contributed by atoms with E-state index in [1.165, 1.54) is 11.6 Å². The van der Waals surface area contributed by atoms with Gasteiger partial charge in [0.15, 0.2) is 0 Å². The Bertz CT molecular complexity index is 1040. The summed E-state index contributed by atoms with van der Waals surface area (Å²) in [7, 11) is 0. The Morgan fingerprint density at radius 1 is 1.00 bits per heavy atom. The van der Waals surface area contributed by atoms with Crippen molar-refractivity contribution in [3.63, 3.8) is 0 Å². The molecule has 29 heavy (non-hydrogen) atoms. The van der Waals surface area contributed by atoms with Crippen LogP contribution in [0.2, 0.25) is 0 Å². The number of aryl methyl sites for hydroxylation is 1. The minimum Gasteiger partial charge on any atom is -0.488 e. The van der Waals surface area contributed by atoms with Gasteiger partial charge in [-0.3, -0.25) is 0 Å². The number of halogens is 3. The Balaban J connectivity index is 1.56. The van der Waals surface area contributed by atoms with Crippen LogP contribution in [0.5, 0.6) is 5.75 Å². The van der Waals surface area contributed by atoms with Gasteiger partial charge >= 0.3 is 6.18 Å². The maximum atomic E-state index is 13.6. The number of alkyl halides is 3. The number of ether oxygens (including phenoxy) is 1. The third kappa shape index (κ3) is 4.38. The van der Waals surface area contributed by atoms with Gasteiger partial charge < -0.3 is 9.84 Å². The maximum absolute atomic E-state index is 13.6. The second kappa shape index (κ2) is 8.05. The smallest absolute Gasteiger partial charge is 0.417 e. The van der Waals surface area contributed by atoms with Gasteiger partial charge in [-0.2, -0.15) is 13.2 Å². The number of rotatable bonds is 5. The Kier molecular flexibility index (Phi) is 5.48. The van der Waals surface area contributed by atoms with E-state index in [1.807, 2.05) is 12.1 Å². The van der Waals surface area contributed by atoms with Crippen LogP contribution in [-0.4, -0.2) is 11.7 Å². The molecule has 0 saturated heterocycles. The lowest BCUT2D eigenvalue weighted by Gasteiger charge is -2.15. The van der Waals surface area contributed by atoms with E-state index in [-0.39, 0.29) is 24.5 Å². The first-order chi connectivity index (χ1) is 13.9. The van der Waals surface area contributed by atoms with Gasteiger partial charge in [0.1, 0.15) is 12.4 Å². The molecule has 2 aromatic carbocycles. The lowest BCUT2D eigenvalue weighted by molar-refractivity contribution is -0.137. The van der Waals surface area contributed by atoms with Gasteiger partial charge in [-0.15, -0.1) is 11.3 Å². The fraction of sp³-hybridized carbons (Fsp3) is 0.217. The molecule has 0 atom stereocenters. The van der Waals surface area contributed by atoms with Crippen molar-refractivity contribution in [1.82, 2.24) is 0 Å². The number of fused-ring (bicyclic) bond motifs is 1. The first-order valence-corrected chi connectivity index (χ1v) is 10.1. The van der Waals surface area contributed by atoms with Crippen LogP contribution in [0.3, 0.4) is 0 Å². The average Bonchev–Trinajstić information content (AvgIpc) is 3.14. The standard InChI is InChI=1S/C23H19F3O2S/c24-23(25,26)21-12-18(8-9-20(21)16-4-2-1-3-5-16)28-14-19-11-17-7-6-15(13-27)10-22(17)29-19/h1-5,8-12,27H,6-7,13-14H2. The zero-order valence-corrected chi connectivity index (χ0v) is 16.3. The highest BCUT2D eigenvalue weighted by Crippen LogP contribution is 2.39. The molecule has 1 aliphatic carbocycles. The van der Waals surface area contributed by atoms with Crippen LogP contribution in [0.25, 0.3) is 17.2 Å². The topological polar surface area (TPSA) is 29.5 Å². The number of aliphatic hydroxyl groups is 1. The molecule has 0 amide bonds.